The highest BCUT2D eigenvalue weighted by atomic mass is 35.5. The Bertz CT molecular complexity index is 938. The summed E-state index contributed by atoms with van der Waals surface area (Å²) in [5.41, 5.74) is 2.68. The van der Waals surface area contributed by atoms with Crippen molar-refractivity contribution in [3.63, 3.8) is 0 Å². The molecule has 0 radical (unpaired) electrons. The zero-order chi connectivity index (χ0) is 20.3. The van der Waals surface area contributed by atoms with Gasteiger partial charge in [-0.3, -0.25) is 9.69 Å². The number of hydrogen-bond donors (Lipinski definition) is 1. The van der Waals surface area contributed by atoms with Crippen LogP contribution in [-0.2, 0) is 11.3 Å². The summed E-state index contributed by atoms with van der Waals surface area (Å²) in [6.45, 7) is 4.50. The zero-order valence-electron chi connectivity index (χ0n) is 15.9. The van der Waals surface area contributed by atoms with Crippen LogP contribution in [0.5, 0.6) is 11.5 Å². The number of ether oxygens (including phenoxy) is 2. The van der Waals surface area contributed by atoms with Gasteiger partial charge in [0.25, 0.3) is 5.91 Å². The molecule has 7 heteroatoms. The fourth-order valence-corrected chi connectivity index (χ4v) is 3.04. The van der Waals surface area contributed by atoms with Crippen LogP contribution in [0.2, 0.25) is 5.02 Å². The Morgan fingerprint density at radius 2 is 1.86 bits per heavy atom. The number of carbonyl (C=O) groups is 2. The van der Waals surface area contributed by atoms with E-state index in [1.54, 1.807) is 12.1 Å². The van der Waals surface area contributed by atoms with E-state index in [2.05, 4.69) is 5.32 Å². The molecule has 0 saturated carbocycles. The molecule has 6 nitrogen and oxygen atoms in total. The fourth-order valence-electron chi connectivity index (χ4n) is 2.84. The lowest BCUT2D eigenvalue weighted by molar-refractivity contribution is -0.123. The van der Waals surface area contributed by atoms with Gasteiger partial charge in [-0.1, -0.05) is 41.4 Å². The summed E-state index contributed by atoms with van der Waals surface area (Å²) >= 11 is 6.32. The van der Waals surface area contributed by atoms with Crippen LogP contribution < -0.4 is 14.8 Å². The summed E-state index contributed by atoms with van der Waals surface area (Å²) in [6.07, 6.45) is 1.54. The van der Waals surface area contributed by atoms with Crippen LogP contribution in [0.15, 0.2) is 42.1 Å². The highest BCUT2D eigenvalue weighted by molar-refractivity contribution is 6.32. The van der Waals surface area contributed by atoms with E-state index >= 15 is 0 Å². The second-order valence-corrected chi connectivity index (χ2v) is 6.73. The number of imide groups is 1. The standard InChI is InChI=1S/C21H21ClN2O4/c1-4-28-19-11-16(22)15(10-18(19)27-3)9-17-20(25)24(21(26)23-17)12-14-7-5-13(2)6-8-14/h5-11H,4,12H2,1-3H3,(H,23,26)/b17-9+. The Kier molecular flexibility index (Phi) is 5.90. The lowest BCUT2D eigenvalue weighted by atomic mass is 10.1. The van der Waals surface area contributed by atoms with E-state index in [1.165, 1.54) is 13.2 Å². The van der Waals surface area contributed by atoms with Gasteiger partial charge < -0.3 is 14.8 Å². The number of benzene rings is 2. The molecule has 1 aliphatic heterocycles. The summed E-state index contributed by atoms with van der Waals surface area (Å²) in [4.78, 5) is 26.1. The molecule has 1 fully saturated rings. The van der Waals surface area contributed by atoms with Crippen molar-refractivity contribution in [1.82, 2.24) is 10.2 Å². The van der Waals surface area contributed by atoms with Crippen molar-refractivity contribution in [1.29, 1.82) is 0 Å². The average Bonchev–Trinajstić information content (AvgIpc) is 2.93. The number of hydrogen-bond acceptors (Lipinski definition) is 4. The zero-order valence-corrected chi connectivity index (χ0v) is 16.7. The van der Waals surface area contributed by atoms with Crippen molar-refractivity contribution >= 4 is 29.6 Å². The van der Waals surface area contributed by atoms with Gasteiger partial charge in [-0.15, -0.1) is 0 Å². The predicted octanol–water partition coefficient (Wildman–Crippen LogP) is 4.15. The van der Waals surface area contributed by atoms with E-state index in [0.29, 0.717) is 28.7 Å². The van der Waals surface area contributed by atoms with Gasteiger partial charge in [-0.05, 0) is 37.1 Å². The maximum absolute atomic E-state index is 12.7. The van der Waals surface area contributed by atoms with Gasteiger partial charge in [0.05, 0.1) is 25.3 Å². The van der Waals surface area contributed by atoms with E-state index in [9.17, 15) is 9.59 Å². The smallest absolute Gasteiger partial charge is 0.329 e. The molecule has 3 amide bonds. The van der Waals surface area contributed by atoms with Crippen molar-refractivity contribution in [2.24, 2.45) is 0 Å². The monoisotopic (exact) mass is 400 g/mol. The summed E-state index contributed by atoms with van der Waals surface area (Å²) in [5, 5.41) is 2.99. The minimum Gasteiger partial charge on any atom is -0.493 e. The Morgan fingerprint density at radius 3 is 2.50 bits per heavy atom. The number of carbonyl (C=O) groups excluding carboxylic acids is 2. The molecule has 1 heterocycles. The first-order chi connectivity index (χ1) is 13.4. The fraction of sp³-hybridized carbons (Fsp3) is 0.238. The van der Waals surface area contributed by atoms with Crippen molar-refractivity contribution in [3.8, 4) is 11.5 Å². The van der Waals surface area contributed by atoms with Gasteiger partial charge in [-0.2, -0.15) is 0 Å². The lowest BCUT2D eigenvalue weighted by Crippen LogP contribution is -2.30. The molecule has 0 aliphatic carbocycles. The second kappa shape index (κ2) is 8.35. The molecular weight excluding hydrogens is 380 g/mol. The Balaban J connectivity index is 1.86. The lowest BCUT2D eigenvalue weighted by Gasteiger charge is -2.12. The summed E-state index contributed by atoms with van der Waals surface area (Å²) < 4.78 is 10.8. The Hall–Kier alpha value is -2.99. The van der Waals surface area contributed by atoms with Crippen LogP contribution >= 0.6 is 11.6 Å². The number of halogens is 1. The van der Waals surface area contributed by atoms with Gasteiger partial charge >= 0.3 is 6.03 Å². The van der Waals surface area contributed by atoms with Crippen molar-refractivity contribution < 1.29 is 19.1 Å². The van der Waals surface area contributed by atoms with Crippen LogP contribution in [0.3, 0.4) is 0 Å². The first-order valence-corrected chi connectivity index (χ1v) is 9.21. The number of urea groups is 1. The van der Waals surface area contributed by atoms with E-state index in [-0.39, 0.29) is 12.2 Å². The first kappa shape index (κ1) is 19.8. The van der Waals surface area contributed by atoms with E-state index in [4.69, 9.17) is 21.1 Å². The maximum atomic E-state index is 12.7. The molecule has 1 aliphatic rings. The van der Waals surface area contributed by atoms with E-state index in [0.717, 1.165) is 16.0 Å². The van der Waals surface area contributed by atoms with E-state index in [1.807, 2.05) is 38.1 Å². The summed E-state index contributed by atoms with van der Waals surface area (Å²) in [7, 11) is 1.52. The summed E-state index contributed by atoms with van der Waals surface area (Å²) in [6, 6.07) is 10.5. The highest BCUT2D eigenvalue weighted by Crippen LogP contribution is 2.34. The Morgan fingerprint density at radius 1 is 1.14 bits per heavy atom. The molecular formula is C21H21ClN2O4. The van der Waals surface area contributed by atoms with Crippen molar-refractivity contribution in [2.75, 3.05) is 13.7 Å². The molecule has 0 spiro atoms. The number of nitrogens with zero attached hydrogens (tertiary/aromatic N) is 1. The molecule has 3 rings (SSSR count). The quantitative estimate of drug-likeness (QED) is 0.584. The summed E-state index contributed by atoms with van der Waals surface area (Å²) in [5.74, 6) is 0.598. The molecule has 2 aromatic rings. The molecule has 1 saturated heterocycles. The number of rotatable bonds is 6. The molecule has 28 heavy (non-hydrogen) atoms. The van der Waals surface area contributed by atoms with Gasteiger partial charge in [0.2, 0.25) is 0 Å². The normalized spacial score (nSPS) is 15.1. The van der Waals surface area contributed by atoms with Gasteiger partial charge in [0.1, 0.15) is 5.70 Å². The van der Waals surface area contributed by atoms with Crippen molar-refractivity contribution in [2.45, 2.75) is 20.4 Å². The highest BCUT2D eigenvalue weighted by Gasteiger charge is 2.33. The predicted molar refractivity (Wildman–Crippen MR) is 107 cm³/mol. The molecule has 0 atom stereocenters. The third-order valence-corrected chi connectivity index (χ3v) is 4.63. The topological polar surface area (TPSA) is 67.9 Å². The number of aryl methyl sites for hydroxylation is 1. The molecule has 0 bridgehead atoms. The largest absolute Gasteiger partial charge is 0.493 e. The average molecular weight is 401 g/mol. The first-order valence-electron chi connectivity index (χ1n) is 8.83. The van der Waals surface area contributed by atoms with Gasteiger partial charge in [0, 0.05) is 6.07 Å². The van der Waals surface area contributed by atoms with Crippen LogP contribution in [-0.4, -0.2) is 30.6 Å². The minimum atomic E-state index is -0.467. The number of amides is 3. The molecule has 0 unspecified atom stereocenters. The molecule has 0 aromatic heterocycles. The number of nitrogens with one attached hydrogen (secondary N) is 1. The molecule has 1 N–H and O–H groups in total. The van der Waals surface area contributed by atoms with E-state index < -0.39 is 11.9 Å². The second-order valence-electron chi connectivity index (χ2n) is 6.32. The SMILES string of the molecule is CCOc1cc(Cl)c(/C=C2/NC(=O)N(Cc3ccc(C)cc3)C2=O)cc1OC. The third-order valence-electron chi connectivity index (χ3n) is 4.31. The molecule has 146 valence electrons. The van der Waals surface area contributed by atoms with Crippen LogP contribution in [0, 0.1) is 6.92 Å². The maximum Gasteiger partial charge on any atom is 0.329 e. The minimum absolute atomic E-state index is 0.158. The Labute approximate surface area is 168 Å². The van der Waals surface area contributed by atoms with Crippen molar-refractivity contribution in [3.05, 3.63) is 63.8 Å². The van der Waals surface area contributed by atoms with Gasteiger partial charge in [-0.25, -0.2) is 4.79 Å². The van der Waals surface area contributed by atoms with Crippen LogP contribution in [0.1, 0.15) is 23.6 Å². The third kappa shape index (κ3) is 4.12. The molecule has 2 aromatic carbocycles. The van der Waals surface area contributed by atoms with Gasteiger partial charge in [0.15, 0.2) is 11.5 Å². The van der Waals surface area contributed by atoms with Crippen LogP contribution in [0.4, 0.5) is 4.79 Å². The number of methoxy groups -OCH3 is 1. The van der Waals surface area contributed by atoms with Crippen LogP contribution in [0.25, 0.3) is 6.08 Å².